The Morgan fingerprint density at radius 2 is 2.21 bits per heavy atom. The highest BCUT2D eigenvalue weighted by molar-refractivity contribution is 5.87. The molecule has 2 heterocycles. The minimum absolute atomic E-state index is 0.371. The fraction of sp³-hybridized carbons (Fsp3) is 0.421. The quantitative estimate of drug-likeness (QED) is 0.937. The van der Waals surface area contributed by atoms with Crippen molar-refractivity contribution in [3.05, 3.63) is 53.0 Å². The molecule has 0 unspecified atom stereocenters. The molecular formula is C19H21N3O2. The second-order valence-electron chi connectivity index (χ2n) is 6.79. The van der Waals surface area contributed by atoms with Gasteiger partial charge in [-0.1, -0.05) is 12.1 Å². The lowest BCUT2D eigenvalue weighted by molar-refractivity contribution is 0.0696. The van der Waals surface area contributed by atoms with Crippen LogP contribution in [0.1, 0.15) is 40.0 Å². The molecule has 2 aliphatic rings. The van der Waals surface area contributed by atoms with Crippen molar-refractivity contribution in [2.75, 3.05) is 18.0 Å². The highest BCUT2D eigenvalue weighted by atomic mass is 16.4. The first kappa shape index (κ1) is 15.1. The number of aromatic carboxylic acids is 1. The Hall–Kier alpha value is -2.43. The maximum absolute atomic E-state index is 11.1. The number of anilines is 1. The Morgan fingerprint density at radius 1 is 1.29 bits per heavy atom. The van der Waals surface area contributed by atoms with Crippen molar-refractivity contribution in [2.24, 2.45) is 5.92 Å². The largest absolute Gasteiger partial charge is 0.478 e. The normalized spacial score (nSPS) is 19.5. The topological polar surface area (TPSA) is 66.3 Å². The Labute approximate surface area is 141 Å². The minimum atomic E-state index is -0.860. The van der Waals surface area contributed by atoms with E-state index in [1.165, 1.54) is 17.7 Å². The maximum Gasteiger partial charge on any atom is 0.335 e. The van der Waals surface area contributed by atoms with Crippen molar-refractivity contribution in [3.63, 3.8) is 0 Å². The van der Waals surface area contributed by atoms with Gasteiger partial charge in [0.25, 0.3) is 0 Å². The third-order valence-corrected chi connectivity index (χ3v) is 5.14. The number of aromatic nitrogens is 2. The van der Waals surface area contributed by atoms with Crippen molar-refractivity contribution in [2.45, 2.75) is 32.1 Å². The van der Waals surface area contributed by atoms with Crippen LogP contribution in [0, 0.1) is 5.92 Å². The molecule has 2 aromatic rings. The summed E-state index contributed by atoms with van der Waals surface area (Å²) in [7, 11) is 0. The molecule has 0 radical (unpaired) electrons. The predicted octanol–water partition coefficient (Wildman–Crippen LogP) is 2.73. The molecule has 1 aliphatic carbocycles. The molecule has 1 aliphatic heterocycles. The van der Waals surface area contributed by atoms with E-state index in [4.69, 9.17) is 5.11 Å². The number of rotatable bonds is 4. The summed E-state index contributed by atoms with van der Waals surface area (Å²) in [6.45, 7) is 2.01. The lowest BCUT2D eigenvalue weighted by Gasteiger charge is -2.20. The molecule has 0 saturated carbocycles. The summed E-state index contributed by atoms with van der Waals surface area (Å²) in [4.78, 5) is 22.5. The van der Waals surface area contributed by atoms with Crippen LogP contribution < -0.4 is 4.90 Å². The number of carbonyl (C=O) groups is 1. The van der Waals surface area contributed by atoms with Gasteiger partial charge in [-0.3, -0.25) is 0 Å². The number of aryl methyl sites for hydroxylation is 1. The second-order valence-corrected chi connectivity index (χ2v) is 6.79. The first-order valence-corrected chi connectivity index (χ1v) is 8.60. The molecule has 4 rings (SSSR count). The summed E-state index contributed by atoms with van der Waals surface area (Å²) in [6, 6.07) is 7.31. The summed E-state index contributed by atoms with van der Waals surface area (Å²) in [6.07, 6.45) is 7.09. The van der Waals surface area contributed by atoms with Crippen molar-refractivity contribution in [1.82, 2.24) is 9.97 Å². The molecule has 24 heavy (non-hydrogen) atoms. The number of nitrogens with zero attached hydrogens (tertiary/aromatic N) is 3. The highest BCUT2D eigenvalue weighted by Crippen LogP contribution is 2.32. The van der Waals surface area contributed by atoms with Gasteiger partial charge in [0.2, 0.25) is 0 Å². The van der Waals surface area contributed by atoms with Gasteiger partial charge in [-0.25, -0.2) is 14.8 Å². The van der Waals surface area contributed by atoms with E-state index in [1.807, 2.05) is 12.1 Å². The van der Waals surface area contributed by atoms with Crippen molar-refractivity contribution < 1.29 is 9.90 Å². The fourth-order valence-corrected chi connectivity index (χ4v) is 3.97. The van der Waals surface area contributed by atoms with E-state index in [0.717, 1.165) is 50.2 Å². The average Bonchev–Trinajstić information content (AvgIpc) is 3.23. The lowest BCUT2D eigenvalue weighted by Crippen LogP contribution is -2.23. The molecule has 5 nitrogen and oxygen atoms in total. The Bertz CT molecular complexity index is 775. The number of hydrogen-bond donors (Lipinski definition) is 1. The molecule has 1 aromatic carbocycles. The van der Waals surface area contributed by atoms with E-state index >= 15 is 0 Å². The molecule has 0 spiro atoms. The van der Waals surface area contributed by atoms with Crippen LogP contribution >= 0.6 is 0 Å². The van der Waals surface area contributed by atoms with Crippen LogP contribution in [0.3, 0.4) is 0 Å². The smallest absolute Gasteiger partial charge is 0.335 e. The molecule has 0 bridgehead atoms. The van der Waals surface area contributed by atoms with Crippen molar-refractivity contribution in [3.8, 4) is 0 Å². The number of carboxylic acids is 1. The van der Waals surface area contributed by atoms with E-state index in [0.29, 0.717) is 11.5 Å². The van der Waals surface area contributed by atoms with Gasteiger partial charge < -0.3 is 10.0 Å². The van der Waals surface area contributed by atoms with E-state index in [2.05, 4.69) is 14.9 Å². The molecule has 5 heteroatoms. The summed E-state index contributed by atoms with van der Waals surface area (Å²) < 4.78 is 0. The van der Waals surface area contributed by atoms with Gasteiger partial charge in [-0.2, -0.15) is 0 Å². The van der Waals surface area contributed by atoms with Crippen LogP contribution in [0.4, 0.5) is 5.82 Å². The van der Waals surface area contributed by atoms with Gasteiger partial charge in [-0.05, 0) is 55.7 Å². The zero-order valence-electron chi connectivity index (χ0n) is 13.6. The summed E-state index contributed by atoms with van der Waals surface area (Å²) in [5, 5.41) is 9.13. The summed E-state index contributed by atoms with van der Waals surface area (Å²) >= 11 is 0. The number of benzene rings is 1. The maximum atomic E-state index is 11.1. The molecule has 1 saturated heterocycles. The van der Waals surface area contributed by atoms with Gasteiger partial charge in [0, 0.05) is 24.3 Å². The monoisotopic (exact) mass is 323 g/mol. The van der Waals surface area contributed by atoms with Crippen molar-refractivity contribution >= 4 is 11.8 Å². The third-order valence-electron chi connectivity index (χ3n) is 5.14. The second kappa shape index (κ2) is 6.23. The van der Waals surface area contributed by atoms with Crippen LogP contribution in [0.2, 0.25) is 0 Å². The van der Waals surface area contributed by atoms with Gasteiger partial charge in [-0.15, -0.1) is 0 Å². The zero-order valence-corrected chi connectivity index (χ0v) is 13.6. The number of fused-ring (bicyclic) bond motifs is 1. The highest BCUT2D eigenvalue weighted by Gasteiger charge is 2.27. The molecule has 1 aromatic heterocycles. The Morgan fingerprint density at radius 3 is 3.08 bits per heavy atom. The first-order valence-electron chi connectivity index (χ1n) is 8.60. The molecule has 1 atom stereocenters. The van der Waals surface area contributed by atoms with Crippen LogP contribution in [0.15, 0.2) is 30.6 Å². The lowest BCUT2D eigenvalue weighted by atomic mass is 9.97. The minimum Gasteiger partial charge on any atom is -0.478 e. The Kier molecular flexibility index (Phi) is 3.92. The SMILES string of the molecule is O=C(O)c1cccc(C[C@H]2CCN(c3ncnc4c3CCC4)C2)c1. The number of carboxylic acid groups (broad SMARTS) is 1. The van der Waals surface area contributed by atoms with Crippen LogP contribution in [-0.2, 0) is 19.3 Å². The molecule has 0 amide bonds. The number of hydrogen-bond acceptors (Lipinski definition) is 4. The van der Waals surface area contributed by atoms with Gasteiger partial charge in [0.05, 0.1) is 5.56 Å². The van der Waals surface area contributed by atoms with E-state index in [9.17, 15) is 4.79 Å². The third kappa shape index (κ3) is 2.86. The van der Waals surface area contributed by atoms with E-state index in [1.54, 1.807) is 18.5 Å². The van der Waals surface area contributed by atoms with Gasteiger partial charge >= 0.3 is 5.97 Å². The van der Waals surface area contributed by atoms with Gasteiger partial charge in [0.1, 0.15) is 12.1 Å². The van der Waals surface area contributed by atoms with Crippen LogP contribution in [0.5, 0.6) is 0 Å². The molecular weight excluding hydrogens is 302 g/mol. The predicted molar refractivity (Wildman–Crippen MR) is 91.5 cm³/mol. The zero-order chi connectivity index (χ0) is 16.5. The first-order chi connectivity index (χ1) is 11.7. The van der Waals surface area contributed by atoms with Crippen LogP contribution in [0.25, 0.3) is 0 Å². The summed E-state index contributed by atoms with van der Waals surface area (Å²) in [5.74, 6) is 0.807. The Balaban J connectivity index is 1.47. The molecule has 1 fully saturated rings. The summed E-state index contributed by atoms with van der Waals surface area (Å²) in [5.41, 5.74) is 4.04. The van der Waals surface area contributed by atoms with E-state index in [-0.39, 0.29) is 0 Å². The van der Waals surface area contributed by atoms with Gasteiger partial charge in [0.15, 0.2) is 0 Å². The van der Waals surface area contributed by atoms with E-state index < -0.39 is 5.97 Å². The standard InChI is InChI=1S/C19H21N3O2/c23-19(24)15-4-1-3-13(10-15)9-14-7-8-22(11-14)18-16-5-2-6-17(16)20-12-21-18/h1,3-4,10,12,14H,2,5-9,11H2,(H,23,24)/t14-/m1/s1. The molecule has 1 N–H and O–H groups in total. The average molecular weight is 323 g/mol. The fourth-order valence-electron chi connectivity index (χ4n) is 3.97. The van der Waals surface area contributed by atoms with Crippen LogP contribution in [-0.4, -0.2) is 34.1 Å². The molecule has 124 valence electrons. The van der Waals surface area contributed by atoms with Crippen molar-refractivity contribution in [1.29, 1.82) is 0 Å².